The zero-order valence-electron chi connectivity index (χ0n) is 11.3. The third-order valence-electron chi connectivity index (χ3n) is 3.28. The molecule has 1 amide bonds. The van der Waals surface area contributed by atoms with Crippen molar-refractivity contribution in [1.82, 2.24) is 10.2 Å². The van der Waals surface area contributed by atoms with E-state index in [1.807, 2.05) is 30.3 Å². The zero-order chi connectivity index (χ0) is 14.7. The molecule has 0 saturated carbocycles. The minimum absolute atomic E-state index is 0.158. The highest BCUT2D eigenvalue weighted by atomic mass is 16.2. The third-order valence-corrected chi connectivity index (χ3v) is 3.28. The van der Waals surface area contributed by atoms with Crippen LogP contribution in [0.2, 0.25) is 0 Å². The van der Waals surface area contributed by atoms with Crippen LogP contribution in [0.5, 0.6) is 0 Å². The summed E-state index contributed by atoms with van der Waals surface area (Å²) in [7, 11) is 0. The fourth-order valence-electron chi connectivity index (χ4n) is 2.28. The van der Waals surface area contributed by atoms with Gasteiger partial charge in [-0.25, -0.2) is 0 Å². The Morgan fingerprint density at radius 3 is 2.81 bits per heavy atom. The Morgan fingerprint density at radius 2 is 2.14 bits per heavy atom. The molecule has 0 bridgehead atoms. The number of benzene rings is 1. The molecule has 0 atom stereocenters. The number of hydrogen-bond acceptors (Lipinski definition) is 5. The normalized spacial score (nSPS) is 14.0. The van der Waals surface area contributed by atoms with Gasteiger partial charge in [-0.3, -0.25) is 4.79 Å². The molecular weight excluding hydrogens is 266 g/mol. The van der Waals surface area contributed by atoms with Crippen LogP contribution in [0.3, 0.4) is 0 Å². The van der Waals surface area contributed by atoms with Gasteiger partial charge in [-0.15, -0.1) is 10.2 Å². The molecule has 1 aliphatic heterocycles. The number of anilines is 3. The predicted molar refractivity (Wildman–Crippen MR) is 78.1 cm³/mol. The molecule has 2 heterocycles. The molecule has 0 radical (unpaired) electrons. The lowest BCUT2D eigenvalue weighted by Gasteiger charge is -2.16. The summed E-state index contributed by atoms with van der Waals surface area (Å²) in [5, 5.41) is 19.5. The molecule has 0 unspecified atom stereocenters. The highest BCUT2D eigenvalue weighted by molar-refractivity contribution is 5.95. The highest BCUT2D eigenvalue weighted by Crippen LogP contribution is 2.25. The second-order valence-corrected chi connectivity index (χ2v) is 4.74. The number of aromatic nitrogens is 2. The van der Waals surface area contributed by atoms with Gasteiger partial charge in [-0.05, 0) is 36.8 Å². The van der Waals surface area contributed by atoms with Crippen molar-refractivity contribution in [2.24, 2.45) is 0 Å². The molecule has 104 valence electrons. The Kier molecular flexibility index (Phi) is 3.48. The van der Waals surface area contributed by atoms with Crippen LogP contribution in [-0.4, -0.2) is 22.6 Å². The standard InChI is InChI=1S/C15H13N5O/c16-10-12-6-7-14(19-18-12)17-11-3-1-4-13(9-11)20-8-2-5-15(20)21/h1,3-4,6-7,9H,2,5,8H2,(H,17,19). The fraction of sp³-hybridized carbons (Fsp3) is 0.200. The largest absolute Gasteiger partial charge is 0.339 e. The average Bonchev–Trinajstić information content (AvgIpc) is 2.94. The number of amides is 1. The van der Waals surface area contributed by atoms with Gasteiger partial charge in [0.25, 0.3) is 0 Å². The summed E-state index contributed by atoms with van der Waals surface area (Å²) >= 11 is 0. The van der Waals surface area contributed by atoms with Crippen molar-refractivity contribution in [2.75, 3.05) is 16.8 Å². The first-order valence-electron chi connectivity index (χ1n) is 6.67. The molecule has 1 aromatic heterocycles. The number of nitrogens with zero attached hydrogens (tertiary/aromatic N) is 4. The Bertz CT molecular complexity index is 705. The summed E-state index contributed by atoms with van der Waals surface area (Å²) in [6.07, 6.45) is 1.51. The SMILES string of the molecule is N#Cc1ccc(Nc2cccc(N3CCCC3=O)c2)nn1. The van der Waals surface area contributed by atoms with E-state index in [0.29, 0.717) is 12.2 Å². The van der Waals surface area contributed by atoms with E-state index in [4.69, 9.17) is 5.26 Å². The van der Waals surface area contributed by atoms with Crippen LogP contribution < -0.4 is 10.2 Å². The van der Waals surface area contributed by atoms with Gasteiger partial charge >= 0.3 is 0 Å². The molecule has 21 heavy (non-hydrogen) atoms. The number of carbonyl (C=O) groups excluding carboxylic acids is 1. The van der Waals surface area contributed by atoms with Crippen LogP contribution in [0.25, 0.3) is 0 Å². The molecule has 0 spiro atoms. The van der Waals surface area contributed by atoms with Crippen LogP contribution in [0.1, 0.15) is 18.5 Å². The molecule has 1 aromatic carbocycles. The number of carbonyl (C=O) groups is 1. The van der Waals surface area contributed by atoms with Crippen molar-refractivity contribution in [3.8, 4) is 6.07 Å². The predicted octanol–water partition coefficient (Wildman–Crippen LogP) is 2.22. The van der Waals surface area contributed by atoms with E-state index in [2.05, 4.69) is 15.5 Å². The first-order chi connectivity index (χ1) is 10.3. The van der Waals surface area contributed by atoms with E-state index in [9.17, 15) is 4.79 Å². The number of rotatable bonds is 3. The second-order valence-electron chi connectivity index (χ2n) is 4.74. The maximum absolute atomic E-state index is 11.8. The molecule has 3 rings (SSSR count). The molecule has 0 aliphatic carbocycles. The van der Waals surface area contributed by atoms with E-state index in [-0.39, 0.29) is 11.6 Å². The average molecular weight is 279 g/mol. The molecule has 6 heteroatoms. The molecule has 1 N–H and O–H groups in total. The number of hydrogen-bond donors (Lipinski definition) is 1. The summed E-state index contributed by atoms with van der Waals surface area (Å²) in [6, 6.07) is 12.8. The van der Waals surface area contributed by atoms with Gasteiger partial charge in [0.15, 0.2) is 11.5 Å². The maximum Gasteiger partial charge on any atom is 0.227 e. The van der Waals surface area contributed by atoms with Crippen molar-refractivity contribution in [3.05, 3.63) is 42.1 Å². The fourth-order valence-corrected chi connectivity index (χ4v) is 2.28. The molecule has 1 aliphatic rings. The van der Waals surface area contributed by atoms with E-state index in [1.54, 1.807) is 17.0 Å². The van der Waals surface area contributed by atoms with E-state index in [1.165, 1.54) is 0 Å². The Balaban J connectivity index is 1.79. The van der Waals surface area contributed by atoms with Crippen molar-refractivity contribution < 1.29 is 4.79 Å². The molecule has 2 aromatic rings. The monoisotopic (exact) mass is 279 g/mol. The molecular formula is C15H13N5O. The Labute approximate surface area is 122 Å². The van der Waals surface area contributed by atoms with Crippen LogP contribution in [0.15, 0.2) is 36.4 Å². The van der Waals surface area contributed by atoms with Gasteiger partial charge < -0.3 is 10.2 Å². The van der Waals surface area contributed by atoms with Gasteiger partial charge in [0.05, 0.1) is 0 Å². The second kappa shape index (κ2) is 5.59. The first kappa shape index (κ1) is 13.1. The zero-order valence-corrected chi connectivity index (χ0v) is 11.3. The Morgan fingerprint density at radius 1 is 1.24 bits per heavy atom. The lowest BCUT2D eigenvalue weighted by Crippen LogP contribution is -2.23. The van der Waals surface area contributed by atoms with Crippen LogP contribution in [0, 0.1) is 11.3 Å². The summed E-state index contributed by atoms with van der Waals surface area (Å²) in [5.74, 6) is 0.712. The summed E-state index contributed by atoms with van der Waals surface area (Å²) < 4.78 is 0. The van der Waals surface area contributed by atoms with Gasteiger partial charge in [0.1, 0.15) is 6.07 Å². The maximum atomic E-state index is 11.8. The molecule has 6 nitrogen and oxygen atoms in total. The van der Waals surface area contributed by atoms with Crippen molar-refractivity contribution in [1.29, 1.82) is 5.26 Å². The Hall–Kier alpha value is -2.94. The van der Waals surface area contributed by atoms with Gasteiger partial charge in [-0.2, -0.15) is 5.26 Å². The quantitative estimate of drug-likeness (QED) is 0.931. The van der Waals surface area contributed by atoms with Crippen LogP contribution >= 0.6 is 0 Å². The van der Waals surface area contributed by atoms with Crippen molar-refractivity contribution in [3.63, 3.8) is 0 Å². The minimum atomic E-state index is 0.158. The van der Waals surface area contributed by atoms with E-state index < -0.39 is 0 Å². The first-order valence-corrected chi connectivity index (χ1v) is 6.67. The van der Waals surface area contributed by atoms with Crippen molar-refractivity contribution in [2.45, 2.75) is 12.8 Å². The number of nitriles is 1. The smallest absolute Gasteiger partial charge is 0.227 e. The summed E-state index contributed by atoms with van der Waals surface area (Å²) in [5.41, 5.74) is 1.98. The number of nitrogens with one attached hydrogen (secondary N) is 1. The van der Waals surface area contributed by atoms with Gasteiger partial charge in [-0.1, -0.05) is 6.07 Å². The third kappa shape index (κ3) is 2.82. The minimum Gasteiger partial charge on any atom is -0.339 e. The summed E-state index contributed by atoms with van der Waals surface area (Å²) in [6.45, 7) is 0.763. The van der Waals surface area contributed by atoms with Crippen LogP contribution in [0.4, 0.5) is 17.2 Å². The van der Waals surface area contributed by atoms with E-state index in [0.717, 1.165) is 24.3 Å². The highest BCUT2D eigenvalue weighted by Gasteiger charge is 2.21. The van der Waals surface area contributed by atoms with E-state index >= 15 is 0 Å². The molecule has 1 fully saturated rings. The lowest BCUT2D eigenvalue weighted by atomic mass is 10.2. The summed E-state index contributed by atoms with van der Waals surface area (Å²) in [4.78, 5) is 13.6. The van der Waals surface area contributed by atoms with Gasteiger partial charge in [0.2, 0.25) is 5.91 Å². The van der Waals surface area contributed by atoms with Crippen molar-refractivity contribution >= 4 is 23.1 Å². The van der Waals surface area contributed by atoms with Gasteiger partial charge in [0, 0.05) is 24.3 Å². The lowest BCUT2D eigenvalue weighted by molar-refractivity contribution is -0.117. The van der Waals surface area contributed by atoms with Crippen LogP contribution in [-0.2, 0) is 4.79 Å². The molecule has 1 saturated heterocycles. The topological polar surface area (TPSA) is 81.9 Å².